The normalized spacial score (nSPS) is 9.82. The molecule has 0 unspecified atom stereocenters. The van der Waals surface area contributed by atoms with Crippen molar-refractivity contribution < 1.29 is 0 Å². The highest BCUT2D eigenvalue weighted by atomic mass is 32.2. The van der Waals surface area contributed by atoms with Crippen LogP contribution in [-0.4, -0.2) is 0 Å². The number of nitrogen functional groups attached to an aromatic ring is 1. The van der Waals surface area contributed by atoms with E-state index in [4.69, 9.17) is 11.0 Å². The Morgan fingerprint density at radius 2 is 1.94 bits per heavy atom. The van der Waals surface area contributed by atoms with E-state index >= 15 is 0 Å². The summed E-state index contributed by atoms with van der Waals surface area (Å²) in [6.07, 6.45) is 0. The number of nitrogens with zero attached hydrogens (tertiary/aromatic N) is 1. The Balaban J connectivity index is 2.08. The molecule has 2 nitrogen and oxygen atoms in total. The van der Waals surface area contributed by atoms with E-state index in [-0.39, 0.29) is 0 Å². The number of hydrogen-bond acceptors (Lipinski definition) is 3. The van der Waals surface area contributed by atoms with Crippen molar-refractivity contribution >= 4 is 17.4 Å². The summed E-state index contributed by atoms with van der Waals surface area (Å²) < 4.78 is 0. The standard InChI is InChI=1S/C14H12N2S/c15-9-11-4-3-5-12(8-11)10-17-14-7-2-1-6-13(14)16/h1-8H,10,16H2. The van der Waals surface area contributed by atoms with Crippen LogP contribution in [0.3, 0.4) is 0 Å². The van der Waals surface area contributed by atoms with Crippen LogP contribution in [0.25, 0.3) is 0 Å². The van der Waals surface area contributed by atoms with Crippen molar-refractivity contribution in [2.45, 2.75) is 10.6 Å². The number of rotatable bonds is 3. The molecule has 2 aromatic rings. The predicted octanol–water partition coefficient (Wildman–Crippen LogP) is 3.43. The number of thioether (sulfide) groups is 1. The Hall–Kier alpha value is -1.92. The first kappa shape index (κ1) is 11.6. The van der Waals surface area contributed by atoms with Crippen molar-refractivity contribution in [3.05, 3.63) is 59.7 Å². The molecule has 0 aromatic heterocycles. The van der Waals surface area contributed by atoms with Crippen molar-refractivity contribution in [1.29, 1.82) is 5.26 Å². The van der Waals surface area contributed by atoms with Gasteiger partial charge in [0.25, 0.3) is 0 Å². The third kappa shape index (κ3) is 3.02. The van der Waals surface area contributed by atoms with E-state index in [0.717, 1.165) is 21.9 Å². The third-order valence-electron chi connectivity index (χ3n) is 2.37. The zero-order valence-corrected chi connectivity index (χ0v) is 10.1. The molecule has 0 heterocycles. The Morgan fingerprint density at radius 1 is 1.12 bits per heavy atom. The van der Waals surface area contributed by atoms with Crippen molar-refractivity contribution in [3.63, 3.8) is 0 Å². The molecule has 84 valence electrons. The van der Waals surface area contributed by atoms with Crippen molar-refractivity contribution in [2.75, 3.05) is 5.73 Å². The summed E-state index contributed by atoms with van der Waals surface area (Å²) in [5.74, 6) is 0.823. The average molecular weight is 240 g/mol. The summed E-state index contributed by atoms with van der Waals surface area (Å²) in [5.41, 5.74) is 8.50. The van der Waals surface area contributed by atoms with Crippen LogP contribution in [-0.2, 0) is 5.75 Å². The Labute approximate surface area is 105 Å². The van der Waals surface area contributed by atoms with E-state index in [1.165, 1.54) is 0 Å². The maximum atomic E-state index is 8.81. The number of benzene rings is 2. The molecule has 0 radical (unpaired) electrons. The number of para-hydroxylation sites is 1. The van der Waals surface area contributed by atoms with E-state index in [1.54, 1.807) is 11.8 Å². The van der Waals surface area contributed by atoms with Gasteiger partial charge < -0.3 is 5.73 Å². The molecule has 0 amide bonds. The molecule has 17 heavy (non-hydrogen) atoms. The zero-order chi connectivity index (χ0) is 12.1. The van der Waals surface area contributed by atoms with E-state index in [1.807, 2.05) is 48.5 Å². The first-order valence-corrected chi connectivity index (χ1v) is 6.24. The molecular weight excluding hydrogens is 228 g/mol. The molecule has 0 aliphatic heterocycles. The van der Waals surface area contributed by atoms with E-state index in [0.29, 0.717) is 5.56 Å². The summed E-state index contributed by atoms with van der Waals surface area (Å²) in [6.45, 7) is 0. The molecule has 0 spiro atoms. The molecule has 2 N–H and O–H groups in total. The van der Waals surface area contributed by atoms with Crippen LogP contribution in [0.5, 0.6) is 0 Å². The fourth-order valence-corrected chi connectivity index (χ4v) is 2.41. The van der Waals surface area contributed by atoms with Gasteiger partial charge in [-0.2, -0.15) is 5.26 Å². The lowest BCUT2D eigenvalue weighted by Gasteiger charge is -2.05. The number of nitrogens with two attached hydrogens (primary N) is 1. The maximum Gasteiger partial charge on any atom is 0.0991 e. The lowest BCUT2D eigenvalue weighted by Crippen LogP contribution is -1.88. The van der Waals surface area contributed by atoms with Crippen LogP contribution in [0, 0.1) is 11.3 Å². The lowest BCUT2D eigenvalue weighted by molar-refractivity contribution is 1.36. The molecule has 0 atom stereocenters. The summed E-state index contributed by atoms with van der Waals surface area (Å²) in [4.78, 5) is 1.08. The van der Waals surface area contributed by atoms with Crippen LogP contribution in [0.2, 0.25) is 0 Å². The first-order valence-electron chi connectivity index (χ1n) is 5.26. The van der Waals surface area contributed by atoms with Gasteiger partial charge in [0.05, 0.1) is 11.6 Å². The van der Waals surface area contributed by atoms with Crippen molar-refractivity contribution in [1.82, 2.24) is 0 Å². The van der Waals surface area contributed by atoms with E-state index in [2.05, 4.69) is 6.07 Å². The van der Waals surface area contributed by atoms with Crippen LogP contribution in [0.15, 0.2) is 53.4 Å². The molecule has 2 aromatic carbocycles. The SMILES string of the molecule is N#Cc1cccc(CSc2ccccc2N)c1. The minimum Gasteiger partial charge on any atom is -0.398 e. The van der Waals surface area contributed by atoms with Crippen LogP contribution >= 0.6 is 11.8 Å². The number of nitriles is 1. The highest BCUT2D eigenvalue weighted by Crippen LogP contribution is 2.27. The third-order valence-corrected chi connectivity index (χ3v) is 3.53. The van der Waals surface area contributed by atoms with Gasteiger partial charge in [-0.3, -0.25) is 0 Å². The van der Waals surface area contributed by atoms with E-state index < -0.39 is 0 Å². The molecule has 0 saturated carbocycles. The monoisotopic (exact) mass is 240 g/mol. The zero-order valence-electron chi connectivity index (χ0n) is 9.26. The fourth-order valence-electron chi connectivity index (χ4n) is 1.50. The highest BCUT2D eigenvalue weighted by molar-refractivity contribution is 7.98. The van der Waals surface area contributed by atoms with Gasteiger partial charge in [0.2, 0.25) is 0 Å². The van der Waals surface area contributed by atoms with E-state index in [9.17, 15) is 0 Å². The second-order valence-corrected chi connectivity index (χ2v) is 4.66. The van der Waals surface area contributed by atoms with Gasteiger partial charge in [0, 0.05) is 16.3 Å². The largest absolute Gasteiger partial charge is 0.398 e. The summed E-state index contributed by atoms with van der Waals surface area (Å²) in [7, 11) is 0. The van der Waals surface area contributed by atoms with Crippen LogP contribution < -0.4 is 5.73 Å². The Morgan fingerprint density at radius 3 is 2.71 bits per heavy atom. The molecule has 3 heteroatoms. The average Bonchev–Trinajstić information content (AvgIpc) is 2.38. The molecule has 2 rings (SSSR count). The molecule has 0 fully saturated rings. The van der Waals surface area contributed by atoms with Gasteiger partial charge in [0.15, 0.2) is 0 Å². The van der Waals surface area contributed by atoms with Gasteiger partial charge in [-0.15, -0.1) is 11.8 Å². The van der Waals surface area contributed by atoms with Crippen LogP contribution in [0.1, 0.15) is 11.1 Å². The minimum absolute atomic E-state index is 0.698. The Kier molecular flexibility index (Phi) is 3.69. The first-order chi connectivity index (χ1) is 8.29. The topological polar surface area (TPSA) is 49.8 Å². The van der Waals surface area contributed by atoms with Gasteiger partial charge >= 0.3 is 0 Å². The minimum atomic E-state index is 0.698. The summed E-state index contributed by atoms with van der Waals surface area (Å²) in [6, 6.07) is 17.6. The molecular formula is C14H12N2S. The highest BCUT2D eigenvalue weighted by Gasteiger charge is 2.00. The fraction of sp³-hybridized carbons (Fsp3) is 0.0714. The molecule has 0 aliphatic carbocycles. The van der Waals surface area contributed by atoms with Gasteiger partial charge in [-0.25, -0.2) is 0 Å². The Bertz CT molecular complexity index is 558. The van der Waals surface area contributed by atoms with Gasteiger partial charge in [0.1, 0.15) is 0 Å². The summed E-state index contributed by atoms with van der Waals surface area (Å²) in [5, 5.41) is 8.81. The second-order valence-electron chi connectivity index (χ2n) is 3.64. The van der Waals surface area contributed by atoms with Crippen LogP contribution in [0.4, 0.5) is 5.69 Å². The molecule has 0 saturated heterocycles. The van der Waals surface area contributed by atoms with Crippen molar-refractivity contribution in [2.24, 2.45) is 0 Å². The predicted molar refractivity (Wildman–Crippen MR) is 71.6 cm³/mol. The maximum absolute atomic E-state index is 8.81. The smallest absolute Gasteiger partial charge is 0.0991 e. The summed E-state index contributed by atoms with van der Waals surface area (Å²) >= 11 is 1.68. The van der Waals surface area contributed by atoms with Crippen molar-refractivity contribution in [3.8, 4) is 6.07 Å². The second kappa shape index (κ2) is 5.42. The number of hydrogen-bond donors (Lipinski definition) is 1. The lowest BCUT2D eigenvalue weighted by atomic mass is 10.2. The number of anilines is 1. The van der Waals surface area contributed by atoms with Gasteiger partial charge in [-0.05, 0) is 29.8 Å². The molecule has 0 aliphatic rings. The quantitative estimate of drug-likeness (QED) is 0.660. The van der Waals surface area contributed by atoms with Gasteiger partial charge in [-0.1, -0.05) is 24.3 Å². The molecule has 0 bridgehead atoms.